The summed E-state index contributed by atoms with van der Waals surface area (Å²) in [4.78, 5) is 8.90. The molecule has 3 aromatic rings. The molecule has 2 aromatic heterocycles. The van der Waals surface area contributed by atoms with Crippen molar-refractivity contribution in [3.05, 3.63) is 51.3 Å². The molecule has 102 valence electrons. The van der Waals surface area contributed by atoms with Gasteiger partial charge in [-0.3, -0.25) is 4.57 Å². The Labute approximate surface area is 134 Å². The Hall–Kier alpha value is -1.10. The molecule has 0 atom stereocenters. The van der Waals surface area contributed by atoms with Gasteiger partial charge in [0.2, 0.25) is 0 Å². The average Bonchev–Trinajstić information content (AvgIpc) is 2.79. The van der Waals surface area contributed by atoms with E-state index in [2.05, 4.69) is 25.9 Å². The summed E-state index contributed by atoms with van der Waals surface area (Å²) in [6, 6.07) is 7.80. The third-order valence-corrected chi connectivity index (χ3v) is 4.44. The van der Waals surface area contributed by atoms with Crippen LogP contribution >= 0.6 is 39.1 Å². The van der Waals surface area contributed by atoms with Crippen molar-refractivity contribution >= 4 is 50.3 Å². The number of benzene rings is 1. The molecule has 0 saturated heterocycles. The number of imidazole rings is 1. The second kappa shape index (κ2) is 5.35. The first-order valence-electron chi connectivity index (χ1n) is 5.96. The van der Waals surface area contributed by atoms with Crippen LogP contribution in [0.2, 0.25) is 5.02 Å². The fraction of sp³-hybridized carbons (Fsp3) is 0.143. The molecule has 3 rings (SSSR count). The molecule has 0 aliphatic heterocycles. The first kappa shape index (κ1) is 13.9. The van der Waals surface area contributed by atoms with Crippen LogP contribution in [0, 0.1) is 6.92 Å². The van der Waals surface area contributed by atoms with Crippen molar-refractivity contribution in [1.29, 1.82) is 0 Å². The van der Waals surface area contributed by atoms with E-state index < -0.39 is 0 Å². The first-order chi connectivity index (χ1) is 9.61. The molecule has 6 heteroatoms. The zero-order valence-corrected chi connectivity index (χ0v) is 13.7. The molecular weight excluding hydrogens is 361 g/mol. The van der Waals surface area contributed by atoms with Gasteiger partial charge in [0.25, 0.3) is 0 Å². The average molecular weight is 371 g/mol. The quantitative estimate of drug-likeness (QED) is 0.601. The van der Waals surface area contributed by atoms with Crippen LogP contribution in [0.5, 0.6) is 0 Å². The lowest BCUT2D eigenvalue weighted by Gasteiger charge is -2.11. The van der Waals surface area contributed by atoms with Crippen molar-refractivity contribution in [2.45, 2.75) is 12.8 Å². The van der Waals surface area contributed by atoms with E-state index in [0.29, 0.717) is 10.9 Å². The number of hydrogen-bond donors (Lipinski definition) is 0. The van der Waals surface area contributed by atoms with Gasteiger partial charge in [0.1, 0.15) is 11.3 Å². The van der Waals surface area contributed by atoms with Gasteiger partial charge < -0.3 is 0 Å². The van der Waals surface area contributed by atoms with E-state index in [0.717, 1.165) is 32.7 Å². The fourth-order valence-electron chi connectivity index (χ4n) is 2.17. The van der Waals surface area contributed by atoms with Gasteiger partial charge in [-0.25, -0.2) is 9.97 Å². The predicted molar refractivity (Wildman–Crippen MR) is 85.9 cm³/mol. The number of halogens is 3. The minimum Gasteiger partial charge on any atom is -0.279 e. The highest BCUT2D eigenvalue weighted by atomic mass is 79.9. The standard InChI is InChI=1S/C14H10BrCl2N3/c1-8-10(15)3-2-4-12(8)20-13(6-16)19-11-5-9(17)7-18-14(11)20/h2-5,7H,6H2,1H3. The van der Waals surface area contributed by atoms with Gasteiger partial charge in [-0.15, -0.1) is 11.6 Å². The first-order valence-corrected chi connectivity index (χ1v) is 7.66. The lowest BCUT2D eigenvalue weighted by atomic mass is 10.2. The Morgan fingerprint density at radius 3 is 2.90 bits per heavy atom. The zero-order chi connectivity index (χ0) is 14.3. The van der Waals surface area contributed by atoms with Crippen molar-refractivity contribution in [2.75, 3.05) is 0 Å². The maximum absolute atomic E-state index is 6.03. The fourth-order valence-corrected chi connectivity index (χ4v) is 2.86. The van der Waals surface area contributed by atoms with Crippen molar-refractivity contribution in [3.63, 3.8) is 0 Å². The predicted octanol–water partition coefficient (Wildman–Crippen LogP) is 4.88. The smallest absolute Gasteiger partial charge is 0.164 e. The Morgan fingerprint density at radius 2 is 2.15 bits per heavy atom. The van der Waals surface area contributed by atoms with Crippen molar-refractivity contribution in [3.8, 4) is 5.69 Å². The van der Waals surface area contributed by atoms with Crippen LogP contribution in [-0.2, 0) is 5.88 Å². The normalized spacial score (nSPS) is 11.2. The summed E-state index contributed by atoms with van der Waals surface area (Å²) in [6.07, 6.45) is 1.62. The second-order valence-corrected chi connectivity index (χ2v) is 5.94. The van der Waals surface area contributed by atoms with Crippen molar-refractivity contribution in [2.24, 2.45) is 0 Å². The minimum absolute atomic E-state index is 0.305. The summed E-state index contributed by atoms with van der Waals surface area (Å²) < 4.78 is 3.00. The Kier molecular flexibility index (Phi) is 3.71. The molecule has 0 unspecified atom stereocenters. The van der Waals surface area contributed by atoms with E-state index in [1.54, 1.807) is 12.3 Å². The number of rotatable bonds is 2. The second-order valence-electron chi connectivity index (χ2n) is 4.38. The largest absolute Gasteiger partial charge is 0.279 e. The molecule has 0 radical (unpaired) electrons. The molecule has 0 saturated carbocycles. The van der Waals surface area contributed by atoms with E-state index in [9.17, 15) is 0 Å². The highest BCUT2D eigenvalue weighted by molar-refractivity contribution is 9.10. The van der Waals surface area contributed by atoms with E-state index in [-0.39, 0.29) is 0 Å². The molecular formula is C14H10BrCl2N3. The summed E-state index contributed by atoms with van der Waals surface area (Å²) in [5.41, 5.74) is 3.61. The number of aromatic nitrogens is 3. The summed E-state index contributed by atoms with van der Waals surface area (Å²) in [7, 11) is 0. The Balaban J connectivity index is 2.37. The Bertz CT molecular complexity index is 798. The SMILES string of the molecule is Cc1c(Br)cccc1-n1c(CCl)nc2cc(Cl)cnc21. The van der Waals surface area contributed by atoms with Crippen LogP contribution in [0.4, 0.5) is 0 Å². The molecule has 0 aliphatic carbocycles. The number of hydrogen-bond acceptors (Lipinski definition) is 2. The zero-order valence-electron chi connectivity index (χ0n) is 10.6. The Morgan fingerprint density at radius 1 is 1.35 bits per heavy atom. The van der Waals surface area contributed by atoms with Gasteiger partial charge in [-0.05, 0) is 30.7 Å². The molecule has 0 bridgehead atoms. The minimum atomic E-state index is 0.305. The maximum atomic E-state index is 6.03. The third kappa shape index (κ3) is 2.22. The van der Waals surface area contributed by atoms with Crippen LogP contribution in [0.25, 0.3) is 16.9 Å². The highest BCUT2D eigenvalue weighted by Gasteiger charge is 2.15. The van der Waals surface area contributed by atoms with E-state index in [1.165, 1.54) is 0 Å². The molecule has 0 aliphatic rings. The van der Waals surface area contributed by atoms with E-state index in [4.69, 9.17) is 23.2 Å². The summed E-state index contributed by atoms with van der Waals surface area (Å²) >= 11 is 15.5. The number of fused-ring (bicyclic) bond motifs is 1. The van der Waals surface area contributed by atoms with Crippen LogP contribution in [0.3, 0.4) is 0 Å². The van der Waals surface area contributed by atoms with Crippen LogP contribution in [0.15, 0.2) is 34.9 Å². The molecule has 3 nitrogen and oxygen atoms in total. The number of pyridine rings is 1. The van der Waals surface area contributed by atoms with Gasteiger partial charge in [-0.2, -0.15) is 0 Å². The van der Waals surface area contributed by atoms with Gasteiger partial charge in [0.05, 0.1) is 16.6 Å². The van der Waals surface area contributed by atoms with Gasteiger partial charge in [-0.1, -0.05) is 33.6 Å². The molecule has 0 fully saturated rings. The highest BCUT2D eigenvalue weighted by Crippen LogP contribution is 2.28. The van der Waals surface area contributed by atoms with Crippen LogP contribution in [-0.4, -0.2) is 14.5 Å². The summed E-state index contributed by atoms with van der Waals surface area (Å²) in [5.74, 6) is 1.05. The topological polar surface area (TPSA) is 30.7 Å². The summed E-state index contributed by atoms with van der Waals surface area (Å²) in [6.45, 7) is 2.04. The molecule has 1 aromatic carbocycles. The van der Waals surface area contributed by atoms with Crippen molar-refractivity contribution < 1.29 is 0 Å². The van der Waals surface area contributed by atoms with Crippen molar-refractivity contribution in [1.82, 2.24) is 14.5 Å². The maximum Gasteiger partial charge on any atom is 0.164 e. The lowest BCUT2D eigenvalue weighted by molar-refractivity contribution is 0.959. The van der Waals surface area contributed by atoms with Gasteiger partial charge in [0.15, 0.2) is 5.65 Å². The number of alkyl halides is 1. The van der Waals surface area contributed by atoms with E-state index in [1.807, 2.05) is 29.7 Å². The number of nitrogens with zero attached hydrogens (tertiary/aromatic N) is 3. The molecule has 0 amide bonds. The molecule has 2 heterocycles. The molecule has 0 spiro atoms. The van der Waals surface area contributed by atoms with Crippen LogP contribution < -0.4 is 0 Å². The summed E-state index contributed by atoms with van der Waals surface area (Å²) in [5, 5.41) is 0.564. The monoisotopic (exact) mass is 369 g/mol. The van der Waals surface area contributed by atoms with E-state index >= 15 is 0 Å². The molecule has 0 N–H and O–H groups in total. The third-order valence-electron chi connectivity index (χ3n) is 3.13. The van der Waals surface area contributed by atoms with Crippen LogP contribution in [0.1, 0.15) is 11.4 Å². The molecule has 20 heavy (non-hydrogen) atoms. The van der Waals surface area contributed by atoms with Gasteiger partial charge in [0, 0.05) is 10.7 Å². The lowest BCUT2D eigenvalue weighted by Crippen LogP contribution is -2.02. The van der Waals surface area contributed by atoms with Gasteiger partial charge >= 0.3 is 0 Å².